The Hall–Kier alpha value is -4.86. The summed E-state index contributed by atoms with van der Waals surface area (Å²) in [5.41, 5.74) is 6.91. The minimum Gasteiger partial charge on any atom is -0.371 e. The molecule has 3 aromatic carbocycles. The quantitative estimate of drug-likeness (QED) is 0.183. The van der Waals surface area contributed by atoms with E-state index in [0.29, 0.717) is 11.3 Å². The maximum absolute atomic E-state index is 9.13. The Morgan fingerprint density at radius 1 is 1.00 bits per heavy atom. The first-order valence-corrected chi connectivity index (χ1v) is 11.9. The molecule has 0 saturated heterocycles. The zero-order chi connectivity index (χ0) is 26.5. The van der Waals surface area contributed by atoms with E-state index in [4.69, 9.17) is 18.4 Å². The molecule has 7 heteroatoms. The molecule has 1 aliphatic rings. The van der Waals surface area contributed by atoms with Gasteiger partial charge in [-0.15, -0.1) is 47.5 Å². The molecule has 0 N–H and O–H groups in total. The summed E-state index contributed by atoms with van der Waals surface area (Å²) in [4.78, 5) is 15.6. The Labute approximate surface area is 241 Å². The summed E-state index contributed by atoms with van der Waals surface area (Å²) in [6.45, 7) is 17.7. The van der Waals surface area contributed by atoms with Crippen LogP contribution >= 0.6 is 0 Å². The van der Waals surface area contributed by atoms with E-state index in [-0.39, 0.29) is 37.0 Å². The van der Waals surface area contributed by atoms with Crippen LogP contribution < -0.4 is 0 Å². The number of nitrogens with zero attached hydrogens (tertiary/aromatic N) is 6. The van der Waals surface area contributed by atoms with Crippen LogP contribution in [0.2, 0.25) is 0 Å². The first-order chi connectivity index (χ1) is 18.6. The molecule has 5 aromatic rings. The summed E-state index contributed by atoms with van der Waals surface area (Å²) in [6, 6.07) is 27.5. The maximum Gasteiger partial charge on any atom is 0.244 e. The Morgan fingerprint density at radius 3 is 2.54 bits per heavy atom. The number of aromatic nitrogens is 3. The van der Waals surface area contributed by atoms with Crippen molar-refractivity contribution in [2.45, 2.75) is 19.9 Å². The fourth-order valence-corrected chi connectivity index (χ4v) is 4.47. The minimum atomic E-state index is 0. The summed E-state index contributed by atoms with van der Waals surface area (Å²) in [5, 5.41) is 9.13. The van der Waals surface area contributed by atoms with Crippen molar-refractivity contribution in [3.63, 3.8) is 0 Å². The second-order valence-electron chi connectivity index (χ2n) is 8.63. The van der Waals surface area contributed by atoms with Gasteiger partial charge in [-0.1, -0.05) is 36.4 Å². The number of imidazole rings is 1. The van der Waals surface area contributed by atoms with E-state index in [9.17, 15) is 0 Å². The predicted octanol–water partition coefficient (Wildman–Crippen LogP) is 7.40. The Balaban J connectivity index is 0.000000210. The van der Waals surface area contributed by atoms with E-state index >= 15 is 0 Å². The van der Waals surface area contributed by atoms with Gasteiger partial charge >= 0.3 is 0 Å². The Kier molecular flexibility index (Phi) is 8.45. The topological polar surface area (TPSA) is 63.2 Å². The summed E-state index contributed by atoms with van der Waals surface area (Å²) >= 11 is 0. The first kappa shape index (κ1) is 27.2. The van der Waals surface area contributed by atoms with Gasteiger partial charge in [-0.05, 0) is 46.9 Å². The van der Waals surface area contributed by atoms with Crippen LogP contribution in [0.25, 0.3) is 43.5 Å². The summed E-state index contributed by atoms with van der Waals surface area (Å²) in [7, 11) is 0. The minimum absolute atomic E-state index is 0. The van der Waals surface area contributed by atoms with Crippen LogP contribution in [0.5, 0.6) is 0 Å². The third kappa shape index (κ3) is 5.40. The van der Waals surface area contributed by atoms with Gasteiger partial charge in [0.25, 0.3) is 0 Å². The van der Waals surface area contributed by atoms with E-state index in [0.717, 1.165) is 35.5 Å². The molecule has 189 valence electrons. The van der Waals surface area contributed by atoms with E-state index in [1.54, 1.807) is 6.20 Å². The first-order valence-electron chi connectivity index (χ1n) is 11.9. The van der Waals surface area contributed by atoms with Crippen molar-refractivity contribution in [1.82, 2.24) is 14.5 Å². The van der Waals surface area contributed by atoms with Gasteiger partial charge in [0.05, 0.1) is 12.4 Å². The molecule has 0 atom stereocenters. The third-order valence-electron chi connectivity index (χ3n) is 6.37. The van der Waals surface area contributed by atoms with E-state index in [1.807, 2.05) is 73.9 Å². The number of aryl methyl sites for hydroxylation is 3. The number of nitriles is 1. The zero-order valence-electron chi connectivity index (χ0n) is 20.9. The van der Waals surface area contributed by atoms with Crippen molar-refractivity contribution in [1.29, 1.82) is 5.26 Å². The molecule has 1 aliphatic heterocycles. The fraction of sp³-hybridized carbons (Fsp3) is 0.0938. The van der Waals surface area contributed by atoms with Crippen LogP contribution in [0.1, 0.15) is 16.7 Å². The summed E-state index contributed by atoms with van der Waals surface area (Å²) in [5.74, 6) is 1.06. The molecule has 0 fully saturated rings. The molecule has 6 rings (SSSR count). The zero-order valence-corrected chi connectivity index (χ0v) is 23.3. The average Bonchev–Trinajstić information content (AvgIpc) is 3.47. The van der Waals surface area contributed by atoms with Crippen molar-refractivity contribution in [2.75, 3.05) is 0 Å². The Morgan fingerprint density at radius 2 is 1.79 bits per heavy atom. The second-order valence-corrected chi connectivity index (χ2v) is 8.63. The van der Waals surface area contributed by atoms with Gasteiger partial charge in [-0.25, -0.2) is 15.0 Å². The molecule has 0 unspecified atom stereocenters. The van der Waals surface area contributed by atoms with Crippen LogP contribution in [0, 0.1) is 43.5 Å². The van der Waals surface area contributed by atoms with Crippen molar-refractivity contribution < 1.29 is 20.1 Å². The molecule has 0 amide bonds. The van der Waals surface area contributed by atoms with Crippen LogP contribution in [0.15, 0.2) is 79.3 Å². The van der Waals surface area contributed by atoms with Crippen molar-refractivity contribution in [3.05, 3.63) is 131 Å². The number of benzene rings is 3. The monoisotopic (exact) mass is 681 g/mol. The van der Waals surface area contributed by atoms with E-state index in [2.05, 4.69) is 42.4 Å². The van der Waals surface area contributed by atoms with Crippen LogP contribution in [-0.4, -0.2) is 14.5 Å². The molecule has 0 bridgehead atoms. The molecule has 0 saturated carbocycles. The van der Waals surface area contributed by atoms with Crippen LogP contribution in [0.4, 0.5) is 11.4 Å². The normalized spacial score (nSPS) is 10.7. The van der Waals surface area contributed by atoms with Gasteiger partial charge in [0, 0.05) is 51.3 Å². The van der Waals surface area contributed by atoms with Gasteiger partial charge in [0.1, 0.15) is 6.57 Å². The standard InChI is InChI=1S/C21H11N4.C11H9N2.Ir/c1-14-13-25-19(11-18(14)15-7-5-4-6-8-15)17-10-9-16(12-22)20(23-2)21(17)24-3;1-2-4-10-9(3-1)5-7-13-8-6-12-11(10)13;/h4-9,11,13H,1H3;1-3,6,8H,5,7H2;/q2*-1;. The smallest absolute Gasteiger partial charge is 0.244 e. The van der Waals surface area contributed by atoms with Crippen LogP contribution in [0.3, 0.4) is 0 Å². The molecule has 0 aliphatic carbocycles. The number of rotatable bonds is 2. The number of pyridine rings is 1. The largest absolute Gasteiger partial charge is 0.371 e. The summed E-state index contributed by atoms with van der Waals surface area (Å²) in [6.07, 6.45) is 6.72. The van der Waals surface area contributed by atoms with Crippen molar-refractivity contribution in [2.24, 2.45) is 0 Å². The maximum atomic E-state index is 9.13. The van der Waals surface area contributed by atoms with Gasteiger partial charge in [-0.2, -0.15) is 0 Å². The van der Waals surface area contributed by atoms with Crippen molar-refractivity contribution in [3.8, 4) is 39.8 Å². The van der Waals surface area contributed by atoms with Gasteiger partial charge < -0.3 is 9.55 Å². The molecule has 3 heterocycles. The number of hydrogen-bond acceptors (Lipinski definition) is 3. The molecule has 39 heavy (non-hydrogen) atoms. The third-order valence-corrected chi connectivity index (χ3v) is 6.37. The fourth-order valence-electron chi connectivity index (χ4n) is 4.47. The predicted molar refractivity (Wildman–Crippen MR) is 146 cm³/mol. The van der Waals surface area contributed by atoms with E-state index in [1.165, 1.54) is 17.2 Å². The SMILES string of the molecule is [C-]#[N+]c1c(-c2cc(-c3ccccc3)c(C)cn2)[c-]cc(C#N)c1[N+]#[C-].[Ir].[c-]1cccc2c1-c1nccn1CC2. The molecular formula is C32H20IrN6-2. The van der Waals surface area contributed by atoms with Crippen LogP contribution in [-0.2, 0) is 33.1 Å². The number of fused-ring (bicyclic) bond motifs is 3. The van der Waals surface area contributed by atoms with Gasteiger partial charge in [0.15, 0.2) is 0 Å². The molecule has 6 nitrogen and oxygen atoms in total. The van der Waals surface area contributed by atoms with E-state index < -0.39 is 0 Å². The Bertz CT molecular complexity index is 1770. The average molecular weight is 681 g/mol. The van der Waals surface area contributed by atoms with Crippen molar-refractivity contribution >= 4 is 11.4 Å². The molecular weight excluding hydrogens is 661 g/mol. The van der Waals surface area contributed by atoms with Gasteiger partial charge in [0.2, 0.25) is 11.4 Å². The number of hydrogen-bond donors (Lipinski definition) is 0. The molecule has 1 radical (unpaired) electrons. The molecule has 2 aromatic heterocycles. The van der Waals surface area contributed by atoms with Gasteiger partial charge in [-0.3, -0.25) is 4.98 Å². The summed E-state index contributed by atoms with van der Waals surface area (Å²) < 4.78 is 2.18. The second kappa shape index (κ2) is 12.1. The molecule has 0 spiro atoms.